The molecule has 0 atom stereocenters. The van der Waals surface area contributed by atoms with Gasteiger partial charge in [0.05, 0.1) is 0 Å². The molecule has 4 heteroatoms. The van der Waals surface area contributed by atoms with Gasteiger partial charge in [0.15, 0.2) is 20.5 Å². The number of esters is 1. The summed E-state index contributed by atoms with van der Waals surface area (Å²) in [6, 6.07) is 7.62. The monoisotopic (exact) mass is 225 g/mol. The van der Waals surface area contributed by atoms with Gasteiger partial charge in [-0.3, -0.25) is 0 Å². The molecule has 1 rings (SSSR count). The summed E-state index contributed by atoms with van der Waals surface area (Å²) in [6.07, 6.45) is -0.380. The molecule has 0 saturated carbocycles. The predicted molar refractivity (Wildman–Crippen MR) is 60.5 cm³/mol. The molecular weight excluding hydrogens is 208 g/mol. The van der Waals surface area contributed by atoms with Crippen molar-refractivity contribution in [2.45, 2.75) is 6.29 Å². The first kappa shape index (κ1) is 12.7. The highest BCUT2D eigenvalue weighted by Gasteiger charge is 2.17. The first-order valence-electron chi connectivity index (χ1n) is 4.87. The molecule has 0 saturated heterocycles. The number of ether oxygens (including phenoxy) is 3. The summed E-state index contributed by atoms with van der Waals surface area (Å²) in [5, 5.41) is 0. The van der Waals surface area contributed by atoms with Crippen LogP contribution in [0.5, 0.6) is 0 Å². The highest BCUT2D eigenvalue weighted by atomic mass is 16.7. The molecule has 0 fully saturated rings. The van der Waals surface area contributed by atoms with E-state index in [1.807, 2.05) is 24.3 Å². The van der Waals surface area contributed by atoms with E-state index in [-0.39, 0.29) is 6.29 Å². The van der Waals surface area contributed by atoms with Gasteiger partial charge in [-0.15, -0.1) is 0 Å². The zero-order valence-electron chi connectivity index (χ0n) is 10.0. The predicted octanol–water partition coefficient (Wildman–Crippen LogP) is 1.93. The summed E-state index contributed by atoms with van der Waals surface area (Å²) in [7, 11) is 6.32. The van der Waals surface area contributed by atoms with Crippen LogP contribution in [0.3, 0.4) is 0 Å². The van der Waals surface area contributed by atoms with E-state index < -0.39 is 0 Å². The van der Waals surface area contributed by atoms with E-state index in [9.17, 15) is 0 Å². The second kappa shape index (κ2) is 6.25. The average molecular weight is 225 g/mol. The molecule has 0 aliphatic carbocycles. The maximum atomic E-state index is 5.17. The number of methoxy groups -OCH3 is 3. The third-order valence-electron chi connectivity index (χ3n) is 2.19. The second-order valence-corrected chi connectivity index (χ2v) is 3.12. The van der Waals surface area contributed by atoms with Crippen LogP contribution >= 0.6 is 0 Å². The lowest BCUT2D eigenvalue weighted by Crippen LogP contribution is -2.07. The van der Waals surface area contributed by atoms with Crippen molar-refractivity contribution in [2.24, 2.45) is 0 Å². The highest BCUT2D eigenvalue weighted by molar-refractivity contribution is 5.89. The number of rotatable bonds is 4. The van der Waals surface area contributed by atoms with E-state index in [1.54, 1.807) is 28.4 Å². The Hall–Kier alpha value is -1.39. The average Bonchev–Trinajstić information content (AvgIpc) is 2.33. The van der Waals surface area contributed by atoms with Crippen LogP contribution in [0.2, 0.25) is 0 Å². The van der Waals surface area contributed by atoms with E-state index in [0.29, 0.717) is 5.97 Å². The molecule has 88 valence electrons. The minimum atomic E-state index is -0.380. The molecular formula is C12H17O4+. The van der Waals surface area contributed by atoms with Crippen LogP contribution in [0.25, 0.3) is 0 Å². The van der Waals surface area contributed by atoms with Crippen molar-refractivity contribution >= 4 is 5.97 Å². The molecule has 16 heavy (non-hydrogen) atoms. The molecule has 0 heterocycles. The van der Waals surface area contributed by atoms with Crippen LogP contribution in [0, 0.1) is 0 Å². The molecule has 0 aliphatic heterocycles. The smallest absolute Gasteiger partial charge is 0.352 e. The fourth-order valence-electron chi connectivity index (χ4n) is 1.50. The first-order valence-corrected chi connectivity index (χ1v) is 4.87. The summed E-state index contributed by atoms with van der Waals surface area (Å²) in [4.78, 5) is 0. The van der Waals surface area contributed by atoms with Crippen molar-refractivity contribution in [1.29, 1.82) is 0 Å². The molecule has 0 N–H and O–H groups in total. The SMILES string of the molecule is COC(=[O+]C)c1cccc(C(OC)OC)c1. The first-order chi connectivity index (χ1) is 7.76. The number of carbonyl (C=O) groups excluding carboxylic acids is 1. The Morgan fingerprint density at radius 1 is 1.19 bits per heavy atom. The number of benzene rings is 1. The summed E-state index contributed by atoms with van der Waals surface area (Å²) in [5.74, 6) is 0.466. The Balaban J connectivity index is 3.03. The fraction of sp³-hybridized carbons (Fsp3) is 0.417. The van der Waals surface area contributed by atoms with E-state index in [1.165, 1.54) is 0 Å². The zero-order chi connectivity index (χ0) is 12.0. The lowest BCUT2D eigenvalue weighted by atomic mass is 10.1. The summed E-state index contributed by atoms with van der Waals surface area (Å²) in [5.41, 5.74) is 1.76. The van der Waals surface area contributed by atoms with Gasteiger partial charge in [0.25, 0.3) is 0 Å². The van der Waals surface area contributed by atoms with E-state index in [4.69, 9.17) is 18.6 Å². The molecule has 4 nitrogen and oxygen atoms in total. The Morgan fingerprint density at radius 3 is 2.38 bits per heavy atom. The van der Waals surface area contributed by atoms with Gasteiger partial charge in [0.2, 0.25) is 0 Å². The molecule has 0 bridgehead atoms. The molecule has 1 aromatic rings. The van der Waals surface area contributed by atoms with Gasteiger partial charge in [0, 0.05) is 19.8 Å². The van der Waals surface area contributed by atoms with E-state index >= 15 is 0 Å². The Morgan fingerprint density at radius 2 is 1.88 bits per heavy atom. The summed E-state index contributed by atoms with van der Waals surface area (Å²) >= 11 is 0. The Labute approximate surface area is 95.4 Å². The number of hydrogen-bond donors (Lipinski definition) is 0. The molecule has 0 aromatic heterocycles. The van der Waals surface area contributed by atoms with Crippen molar-refractivity contribution < 1.29 is 18.6 Å². The zero-order valence-corrected chi connectivity index (χ0v) is 10.0. The lowest BCUT2D eigenvalue weighted by molar-refractivity contribution is -0.239. The summed E-state index contributed by atoms with van der Waals surface area (Å²) in [6.45, 7) is 0. The van der Waals surface area contributed by atoms with Crippen molar-refractivity contribution in [3.63, 3.8) is 0 Å². The van der Waals surface area contributed by atoms with Crippen LogP contribution in [0.1, 0.15) is 21.8 Å². The maximum Gasteiger partial charge on any atom is 0.519 e. The van der Waals surface area contributed by atoms with Crippen LogP contribution in [-0.4, -0.2) is 34.4 Å². The van der Waals surface area contributed by atoms with Crippen molar-refractivity contribution in [2.75, 3.05) is 28.4 Å². The maximum absolute atomic E-state index is 5.17. The normalized spacial score (nSPS) is 11.9. The van der Waals surface area contributed by atoms with Crippen LogP contribution < -0.4 is 0 Å². The van der Waals surface area contributed by atoms with Crippen LogP contribution in [0.4, 0.5) is 0 Å². The standard InChI is InChI=1S/C12H17O4/c1-13-11(14-2)9-6-5-7-10(8-9)12(15-3)16-4/h5-8,11H,1-4H3/q+1. The minimum absolute atomic E-state index is 0.380. The molecule has 0 amide bonds. The van der Waals surface area contributed by atoms with Crippen molar-refractivity contribution in [3.05, 3.63) is 35.4 Å². The second-order valence-electron chi connectivity index (χ2n) is 3.12. The topological polar surface area (TPSA) is 39.0 Å². The third kappa shape index (κ3) is 2.81. The highest BCUT2D eigenvalue weighted by Crippen LogP contribution is 2.18. The summed E-state index contributed by atoms with van der Waals surface area (Å²) < 4.78 is 20.5. The van der Waals surface area contributed by atoms with Crippen LogP contribution in [-0.2, 0) is 14.2 Å². The van der Waals surface area contributed by atoms with Gasteiger partial charge in [-0.1, -0.05) is 12.1 Å². The van der Waals surface area contributed by atoms with Crippen molar-refractivity contribution in [1.82, 2.24) is 0 Å². The lowest BCUT2D eigenvalue weighted by Gasteiger charge is -2.13. The van der Waals surface area contributed by atoms with Gasteiger partial charge >= 0.3 is 5.97 Å². The quantitative estimate of drug-likeness (QED) is 0.446. The molecule has 0 unspecified atom stereocenters. The number of hydrogen-bond acceptors (Lipinski definition) is 3. The van der Waals surface area contributed by atoms with Gasteiger partial charge < -0.3 is 18.6 Å². The minimum Gasteiger partial charge on any atom is -0.352 e. The Bertz CT molecular complexity index is 356. The largest absolute Gasteiger partial charge is 0.519 e. The van der Waals surface area contributed by atoms with Crippen LogP contribution in [0.15, 0.2) is 24.3 Å². The van der Waals surface area contributed by atoms with Crippen molar-refractivity contribution in [3.8, 4) is 0 Å². The van der Waals surface area contributed by atoms with Gasteiger partial charge in [-0.05, 0) is 12.1 Å². The van der Waals surface area contributed by atoms with Gasteiger partial charge in [0.1, 0.15) is 5.56 Å². The molecule has 1 aromatic carbocycles. The molecule has 0 aliphatic rings. The van der Waals surface area contributed by atoms with E-state index in [2.05, 4.69) is 0 Å². The third-order valence-corrected chi connectivity index (χ3v) is 2.19. The van der Waals surface area contributed by atoms with E-state index in [0.717, 1.165) is 11.1 Å². The fourth-order valence-corrected chi connectivity index (χ4v) is 1.50. The van der Waals surface area contributed by atoms with Gasteiger partial charge in [-0.25, -0.2) is 0 Å². The van der Waals surface area contributed by atoms with Gasteiger partial charge in [-0.2, -0.15) is 0 Å². The molecule has 0 radical (unpaired) electrons. The molecule has 0 spiro atoms. The Kier molecular flexibility index (Phi) is 4.95.